The second-order valence-electron chi connectivity index (χ2n) is 10.9. The number of nitrogens with zero attached hydrogens (tertiary/aromatic N) is 4. The standard InChI is InChI=1S/C29H32N6O6/c36-24-10-9-23(26(37)30-24)35-27(38)21-7-4-8-22(25(21)28(35)39)33-13-11-32(12-14-33)15-20-16-34(17-20)31-29(40)41-18-19-5-2-1-3-6-19/h1-8,20,23H,9-18H2,(H,31,40)(H,30,36,37). The summed E-state index contributed by atoms with van der Waals surface area (Å²) in [6, 6.07) is 13.8. The van der Waals surface area contributed by atoms with Crippen LogP contribution in [0, 0.1) is 5.92 Å². The maximum Gasteiger partial charge on any atom is 0.422 e. The van der Waals surface area contributed by atoms with E-state index in [2.05, 4.69) is 20.5 Å². The van der Waals surface area contributed by atoms with E-state index in [0.717, 1.165) is 43.2 Å². The van der Waals surface area contributed by atoms with Crippen molar-refractivity contribution in [3.05, 3.63) is 65.2 Å². The van der Waals surface area contributed by atoms with Crippen molar-refractivity contribution in [2.24, 2.45) is 5.92 Å². The smallest absolute Gasteiger partial charge is 0.422 e. The minimum Gasteiger partial charge on any atom is -0.444 e. The largest absolute Gasteiger partial charge is 0.444 e. The highest BCUT2D eigenvalue weighted by molar-refractivity contribution is 6.25. The Hall–Kier alpha value is -4.29. The number of piperazine rings is 1. The lowest BCUT2D eigenvalue weighted by molar-refractivity contribution is -0.136. The van der Waals surface area contributed by atoms with Gasteiger partial charge < -0.3 is 9.64 Å². The number of hydrogen-bond acceptors (Lipinski definition) is 9. The number of imide groups is 2. The summed E-state index contributed by atoms with van der Waals surface area (Å²) in [6.07, 6.45) is -0.237. The van der Waals surface area contributed by atoms with Gasteiger partial charge in [0, 0.05) is 58.2 Å². The van der Waals surface area contributed by atoms with Gasteiger partial charge in [0.2, 0.25) is 11.8 Å². The molecule has 214 valence electrons. The first kappa shape index (κ1) is 26.9. The summed E-state index contributed by atoms with van der Waals surface area (Å²) in [7, 11) is 0. The SMILES string of the molecule is O=C1CCC(N2C(=O)c3cccc(N4CCN(CC5CN(NC(=O)OCc6ccccc6)C5)CC4)c3C2=O)C(=O)N1. The maximum absolute atomic E-state index is 13.4. The Morgan fingerprint density at radius 2 is 1.68 bits per heavy atom. The lowest BCUT2D eigenvalue weighted by atomic mass is 10.0. The van der Waals surface area contributed by atoms with Gasteiger partial charge in [-0.25, -0.2) is 9.80 Å². The molecule has 0 saturated carbocycles. The van der Waals surface area contributed by atoms with Crippen molar-refractivity contribution in [1.29, 1.82) is 0 Å². The van der Waals surface area contributed by atoms with E-state index in [1.807, 2.05) is 41.4 Å². The van der Waals surface area contributed by atoms with Crippen LogP contribution in [0.5, 0.6) is 0 Å². The molecule has 3 fully saturated rings. The minimum atomic E-state index is -0.980. The number of carbonyl (C=O) groups is 5. The molecule has 0 aliphatic carbocycles. The fourth-order valence-electron chi connectivity index (χ4n) is 5.96. The van der Waals surface area contributed by atoms with Gasteiger partial charge in [-0.2, -0.15) is 0 Å². The van der Waals surface area contributed by atoms with E-state index in [0.29, 0.717) is 35.8 Å². The Kier molecular flexibility index (Phi) is 7.41. The number of benzene rings is 2. The zero-order valence-corrected chi connectivity index (χ0v) is 22.6. The molecule has 41 heavy (non-hydrogen) atoms. The van der Waals surface area contributed by atoms with Crippen molar-refractivity contribution in [2.75, 3.05) is 50.7 Å². The van der Waals surface area contributed by atoms with Crippen molar-refractivity contribution in [1.82, 2.24) is 25.6 Å². The number of carbonyl (C=O) groups excluding carboxylic acids is 5. The van der Waals surface area contributed by atoms with Crippen LogP contribution in [0.2, 0.25) is 0 Å². The molecule has 4 aliphatic rings. The number of hydrogen-bond donors (Lipinski definition) is 2. The Labute approximate surface area is 237 Å². The number of ether oxygens (including phenoxy) is 1. The molecule has 3 saturated heterocycles. The number of amides is 5. The molecule has 0 bridgehead atoms. The average Bonchev–Trinajstić information content (AvgIpc) is 3.21. The van der Waals surface area contributed by atoms with Gasteiger partial charge in [-0.05, 0) is 24.1 Å². The zero-order chi connectivity index (χ0) is 28.5. The van der Waals surface area contributed by atoms with E-state index in [4.69, 9.17) is 4.74 Å². The van der Waals surface area contributed by atoms with Crippen LogP contribution in [0.25, 0.3) is 0 Å². The Morgan fingerprint density at radius 1 is 0.927 bits per heavy atom. The first-order valence-corrected chi connectivity index (χ1v) is 13.9. The number of piperidine rings is 1. The van der Waals surface area contributed by atoms with Gasteiger partial charge in [0.05, 0.1) is 16.8 Å². The topological polar surface area (TPSA) is 132 Å². The van der Waals surface area contributed by atoms with Gasteiger partial charge in [-0.1, -0.05) is 36.4 Å². The maximum atomic E-state index is 13.4. The van der Waals surface area contributed by atoms with Crippen LogP contribution < -0.4 is 15.6 Å². The molecule has 1 atom stereocenters. The van der Waals surface area contributed by atoms with Gasteiger partial charge in [0.25, 0.3) is 11.8 Å². The first-order valence-electron chi connectivity index (χ1n) is 13.9. The molecule has 0 radical (unpaired) electrons. The summed E-state index contributed by atoms with van der Waals surface area (Å²) in [5.41, 5.74) is 5.04. The van der Waals surface area contributed by atoms with Crippen LogP contribution in [-0.2, 0) is 20.9 Å². The Balaban J connectivity index is 0.983. The number of rotatable bonds is 7. The van der Waals surface area contributed by atoms with E-state index < -0.39 is 35.8 Å². The fraction of sp³-hybridized carbons (Fsp3) is 0.414. The van der Waals surface area contributed by atoms with Crippen LogP contribution in [0.3, 0.4) is 0 Å². The lowest BCUT2D eigenvalue weighted by Gasteiger charge is -2.43. The van der Waals surface area contributed by atoms with Crippen LogP contribution in [0.4, 0.5) is 10.5 Å². The summed E-state index contributed by atoms with van der Waals surface area (Å²) in [5, 5.41) is 4.10. The first-order chi connectivity index (χ1) is 19.9. The third kappa shape index (κ3) is 5.52. The van der Waals surface area contributed by atoms with E-state index in [1.165, 1.54) is 0 Å². The van der Waals surface area contributed by atoms with Gasteiger partial charge in [0.1, 0.15) is 12.6 Å². The van der Waals surface area contributed by atoms with Gasteiger partial charge >= 0.3 is 6.09 Å². The number of hydrazine groups is 1. The van der Waals surface area contributed by atoms with Crippen molar-refractivity contribution in [2.45, 2.75) is 25.5 Å². The summed E-state index contributed by atoms with van der Waals surface area (Å²) >= 11 is 0. The summed E-state index contributed by atoms with van der Waals surface area (Å²) in [5.74, 6) is -1.56. The van der Waals surface area contributed by atoms with E-state index in [1.54, 1.807) is 12.1 Å². The molecule has 6 rings (SSSR count). The fourth-order valence-corrected chi connectivity index (χ4v) is 5.96. The van der Waals surface area contributed by atoms with Crippen LogP contribution in [-0.4, -0.2) is 96.4 Å². The molecular formula is C29H32N6O6. The Bertz CT molecular complexity index is 1370. The molecule has 2 N–H and O–H groups in total. The van der Waals surface area contributed by atoms with Crippen LogP contribution in [0.1, 0.15) is 39.1 Å². The monoisotopic (exact) mass is 560 g/mol. The van der Waals surface area contributed by atoms with Gasteiger partial charge in [-0.15, -0.1) is 0 Å². The molecule has 12 nitrogen and oxygen atoms in total. The second-order valence-corrected chi connectivity index (χ2v) is 10.9. The molecule has 1 unspecified atom stereocenters. The molecule has 12 heteroatoms. The predicted molar refractivity (Wildman–Crippen MR) is 147 cm³/mol. The number of nitrogens with one attached hydrogen (secondary N) is 2. The van der Waals surface area contributed by atoms with E-state index in [9.17, 15) is 24.0 Å². The summed E-state index contributed by atoms with van der Waals surface area (Å²) < 4.78 is 5.28. The molecule has 5 amide bonds. The lowest BCUT2D eigenvalue weighted by Crippen LogP contribution is -2.59. The molecule has 0 spiro atoms. The molecule has 2 aromatic rings. The second kappa shape index (κ2) is 11.3. The third-order valence-corrected chi connectivity index (χ3v) is 8.09. The van der Waals surface area contributed by atoms with Crippen molar-refractivity contribution >= 4 is 35.4 Å². The number of fused-ring (bicyclic) bond motifs is 1. The van der Waals surface area contributed by atoms with Crippen LogP contribution in [0.15, 0.2) is 48.5 Å². The average molecular weight is 561 g/mol. The van der Waals surface area contributed by atoms with E-state index >= 15 is 0 Å². The zero-order valence-electron chi connectivity index (χ0n) is 22.6. The highest BCUT2D eigenvalue weighted by Crippen LogP contribution is 2.34. The van der Waals surface area contributed by atoms with E-state index in [-0.39, 0.29) is 19.4 Å². The van der Waals surface area contributed by atoms with Crippen LogP contribution >= 0.6 is 0 Å². The quantitative estimate of drug-likeness (QED) is 0.476. The summed E-state index contributed by atoms with van der Waals surface area (Å²) in [6.45, 7) is 5.61. The highest BCUT2D eigenvalue weighted by atomic mass is 16.6. The van der Waals surface area contributed by atoms with Gasteiger partial charge in [-0.3, -0.25) is 39.7 Å². The Morgan fingerprint density at radius 3 is 2.41 bits per heavy atom. The normalized spacial score (nSPS) is 21.9. The van der Waals surface area contributed by atoms with Gasteiger partial charge in [0.15, 0.2) is 0 Å². The van der Waals surface area contributed by atoms with Crippen molar-refractivity contribution < 1.29 is 28.7 Å². The molecule has 0 aromatic heterocycles. The minimum absolute atomic E-state index is 0.0891. The molecule has 2 aromatic carbocycles. The third-order valence-electron chi connectivity index (χ3n) is 8.09. The molecule has 4 heterocycles. The highest BCUT2D eigenvalue weighted by Gasteiger charge is 2.46. The summed E-state index contributed by atoms with van der Waals surface area (Å²) in [4.78, 5) is 68.1. The molecule has 4 aliphatic heterocycles. The number of anilines is 1. The van der Waals surface area contributed by atoms with Crippen molar-refractivity contribution in [3.8, 4) is 0 Å². The molecular weight excluding hydrogens is 528 g/mol. The predicted octanol–water partition coefficient (Wildman–Crippen LogP) is 0.983. The van der Waals surface area contributed by atoms with Crippen molar-refractivity contribution in [3.63, 3.8) is 0 Å².